The van der Waals surface area contributed by atoms with E-state index in [1.54, 1.807) is 10.8 Å². The van der Waals surface area contributed by atoms with Crippen LogP contribution in [0.2, 0.25) is 0 Å². The molecule has 2 aromatic heterocycles. The van der Waals surface area contributed by atoms with Crippen LogP contribution in [0.3, 0.4) is 0 Å². The van der Waals surface area contributed by atoms with Gasteiger partial charge in [-0.25, -0.2) is 18.7 Å². The Morgan fingerprint density at radius 1 is 1.00 bits per heavy atom. The Bertz CT molecular complexity index is 1230. The zero-order chi connectivity index (χ0) is 21.4. The van der Waals surface area contributed by atoms with E-state index >= 15 is 0 Å². The van der Waals surface area contributed by atoms with Crippen molar-refractivity contribution in [3.05, 3.63) is 71.9 Å². The first-order valence-corrected chi connectivity index (χ1v) is 10.4. The smallest absolute Gasteiger partial charge is 0.150 e. The van der Waals surface area contributed by atoms with Gasteiger partial charge < -0.3 is 9.64 Å². The number of fused-ring (bicyclic) bond motifs is 1. The van der Waals surface area contributed by atoms with E-state index in [9.17, 15) is 8.78 Å². The van der Waals surface area contributed by atoms with Crippen molar-refractivity contribution in [2.75, 3.05) is 31.2 Å². The largest absolute Gasteiger partial charge is 0.378 e. The van der Waals surface area contributed by atoms with Crippen molar-refractivity contribution in [3.63, 3.8) is 0 Å². The van der Waals surface area contributed by atoms with E-state index in [0.29, 0.717) is 19.0 Å². The second-order valence-electron chi connectivity index (χ2n) is 7.55. The lowest BCUT2D eigenvalue weighted by Crippen LogP contribution is -2.36. The second-order valence-corrected chi connectivity index (χ2v) is 7.55. The maximum Gasteiger partial charge on any atom is 0.150 e. The maximum absolute atomic E-state index is 14.8. The Morgan fingerprint density at radius 3 is 2.55 bits per heavy atom. The summed E-state index contributed by atoms with van der Waals surface area (Å²) in [7, 11) is 0. The third-order valence-corrected chi connectivity index (χ3v) is 5.62. The first-order valence-electron chi connectivity index (χ1n) is 10.4. The van der Waals surface area contributed by atoms with Gasteiger partial charge in [-0.1, -0.05) is 13.0 Å². The van der Waals surface area contributed by atoms with E-state index < -0.39 is 11.6 Å². The van der Waals surface area contributed by atoms with E-state index in [2.05, 4.69) is 16.8 Å². The van der Waals surface area contributed by atoms with E-state index in [0.717, 1.165) is 53.6 Å². The van der Waals surface area contributed by atoms with E-state index in [-0.39, 0.29) is 5.69 Å². The molecule has 1 saturated heterocycles. The minimum absolute atomic E-state index is 0.254. The monoisotopic (exact) mass is 420 g/mol. The number of benzene rings is 2. The molecule has 0 unspecified atom stereocenters. The molecule has 1 aliphatic heterocycles. The molecule has 0 amide bonds. The second kappa shape index (κ2) is 8.07. The van der Waals surface area contributed by atoms with Crippen molar-refractivity contribution in [1.29, 1.82) is 0 Å². The first kappa shape index (κ1) is 19.6. The molecule has 4 aromatic rings. The molecule has 5 nitrogen and oxygen atoms in total. The van der Waals surface area contributed by atoms with Crippen LogP contribution in [-0.4, -0.2) is 40.8 Å². The topological polar surface area (TPSA) is 43.2 Å². The number of hydrogen-bond donors (Lipinski definition) is 0. The molecule has 0 N–H and O–H groups in total. The van der Waals surface area contributed by atoms with Crippen molar-refractivity contribution in [3.8, 4) is 17.1 Å². The molecule has 2 aromatic carbocycles. The zero-order valence-electron chi connectivity index (χ0n) is 17.2. The average Bonchev–Trinajstić information content (AvgIpc) is 3.18. The standard InChI is InChI=1S/C24H22F2N4O/c1-2-16-3-6-20-22(13-16)30(21-7-5-18(25)14-19(21)26)24(28-20)17-4-8-23(27-15-17)29-9-11-31-12-10-29/h3-8,13-15H,2,9-12H2,1H3. The number of morpholine rings is 1. The van der Waals surface area contributed by atoms with Gasteiger partial charge in [0, 0.05) is 30.9 Å². The highest BCUT2D eigenvalue weighted by Crippen LogP contribution is 2.31. The number of aromatic nitrogens is 3. The third kappa shape index (κ3) is 3.65. The summed E-state index contributed by atoms with van der Waals surface area (Å²) in [5.41, 5.74) is 3.65. The molecule has 0 saturated carbocycles. The van der Waals surface area contributed by atoms with Gasteiger partial charge in [-0.3, -0.25) is 4.57 Å². The van der Waals surface area contributed by atoms with E-state index in [1.165, 1.54) is 12.1 Å². The van der Waals surface area contributed by atoms with E-state index in [4.69, 9.17) is 9.72 Å². The number of hydrogen-bond acceptors (Lipinski definition) is 4. The molecule has 0 aliphatic carbocycles. The normalized spacial score (nSPS) is 14.4. The van der Waals surface area contributed by atoms with Crippen molar-refractivity contribution in [1.82, 2.24) is 14.5 Å². The molecule has 0 atom stereocenters. The molecule has 1 aliphatic rings. The lowest BCUT2D eigenvalue weighted by molar-refractivity contribution is 0.122. The number of rotatable bonds is 4. The van der Waals surface area contributed by atoms with Crippen LogP contribution in [0.1, 0.15) is 12.5 Å². The summed E-state index contributed by atoms with van der Waals surface area (Å²) < 4.78 is 35.5. The predicted molar refractivity (Wildman–Crippen MR) is 117 cm³/mol. The number of imidazole rings is 1. The highest BCUT2D eigenvalue weighted by atomic mass is 19.1. The summed E-state index contributed by atoms with van der Waals surface area (Å²) in [6, 6.07) is 13.5. The Labute approximate surface area is 178 Å². The molecule has 3 heterocycles. The van der Waals surface area contributed by atoms with Gasteiger partial charge in [0.15, 0.2) is 0 Å². The Balaban J connectivity index is 1.66. The van der Waals surface area contributed by atoms with Crippen LogP contribution in [0, 0.1) is 11.6 Å². The number of nitrogens with zero attached hydrogens (tertiary/aromatic N) is 4. The van der Waals surface area contributed by atoms with Gasteiger partial charge in [0.1, 0.15) is 23.3 Å². The van der Waals surface area contributed by atoms with Gasteiger partial charge >= 0.3 is 0 Å². The summed E-state index contributed by atoms with van der Waals surface area (Å²) in [6.07, 6.45) is 2.60. The summed E-state index contributed by atoms with van der Waals surface area (Å²) >= 11 is 0. The van der Waals surface area contributed by atoms with Gasteiger partial charge in [-0.2, -0.15) is 0 Å². The number of halogens is 2. The van der Waals surface area contributed by atoms with E-state index in [1.807, 2.05) is 30.3 Å². The quantitative estimate of drug-likeness (QED) is 0.477. The Hall–Kier alpha value is -3.32. The van der Waals surface area contributed by atoms with Crippen LogP contribution in [0.4, 0.5) is 14.6 Å². The van der Waals surface area contributed by atoms with Gasteiger partial charge in [-0.05, 0) is 48.4 Å². The Morgan fingerprint density at radius 2 is 1.84 bits per heavy atom. The molecular formula is C24H22F2N4O. The summed E-state index contributed by atoms with van der Waals surface area (Å²) in [4.78, 5) is 11.6. The molecule has 1 fully saturated rings. The molecule has 0 spiro atoms. The summed E-state index contributed by atoms with van der Waals surface area (Å²) in [5.74, 6) is 0.184. The number of ether oxygens (including phenoxy) is 1. The van der Waals surface area contributed by atoms with Crippen LogP contribution >= 0.6 is 0 Å². The van der Waals surface area contributed by atoms with Crippen molar-refractivity contribution < 1.29 is 13.5 Å². The zero-order valence-corrected chi connectivity index (χ0v) is 17.2. The molecule has 0 bridgehead atoms. The van der Waals surface area contributed by atoms with Crippen LogP contribution in [-0.2, 0) is 11.2 Å². The lowest BCUT2D eigenvalue weighted by atomic mass is 10.1. The lowest BCUT2D eigenvalue weighted by Gasteiger charge is -2.27. The van der Waals surface area contributed by atoms with Crippen LogP contribution < -0.4 is 4.90 Å². The predicted octanol–water partition coefficient (Wildman–Crippen LogP) is 4.76. The van der Waals surface area contributed by atoms with Crippen molar-refractivity contribution in [2.24, 2.45) is 0 Å². The third-order valence-electron chi connectivity index (χ3n) is 5.62. The van der Waals surface area contributed by atoms with Crippen molar-refractivity contribution in [2.45, 2.75) is 13.3 Å². The fourth-order valence-electron chi connectivity index (χ4n) is 3.94. The summed E-state index contributed by atoms with van der Waals surface area (Å²) in [5, 5.41) is 0. The number of pyridine rings is 1. The molecular weight excluding hydrogens is 398 g/mol. The van der Waals surface area contributed by atoms with Crippen LogP contribution in [0.25, 0.3) is 28.1 Å². The average molecular weight is 420 g/mol. The molecule has 7 heteroatoms. The van der Waals surface area contributed by atoms with Gasteiger partial charge in [0.05, 0.1) is 29.9 Å². The summed E-state index contributed by atoms with van der Waals surface area (Å²) in [6.45, 7) is 5.03. The molecule has 158 valence electrons. The fraction of sp³-hybridized carbons (Fsp3) is 0.250. The minimum Gasteiger partial charge on any atom is -0.378 e. The molecule has 31 heavy (non-hydrogen) atoms. The fourth-order valence-corrected chi connectivity index (χ4v) is 3.94. The first-order chi connectivity index (χ1) is 15.1. The number of anilines is 1. The van der Waals surface area contributed by atoms with Crippen molar-refractivity contribution >= 4 is 16.9 Å². The highest BCUT2D eigenvalue weighted by Gasteiger charge is 2.19. The van der Waals surface area contributed by atoms with Crippen LogP contribution in [0.5, 0.6) is 0 Å². The highest BCUT2D eigenvalue weighted by molar-refractivity contribution is 5.84. The number of aryl methyl sites for hydroxylation is 1. The molecule has 0 radical (unpaired) electrons. The molecule has 5 rings (SSSR count). The SMILES string of the molecule is CCc1ccc2nc(-c3ccc(N4CCOCC4)nc3)n(-c3ccc(F)cc3F)c2c1. The minimum atomic E-state index is -0.639. The van der Waals surface area contributed by atoms with Gasteiger partial charge in [0.25, 0.3) is 0 Å². The van der Waals surface area contributed by atoms with Gasteiger partial charge in [-0.15, -0.1) is 0 Å². The maximum atomic E-state index is 14.8. The Kier molecular flexibility index (Phi) is 5.11. The van der Waals surface area contributed by atoms with Crippen LogP contribution in [0.15, 0.2) is 54.7 Å². The van der Waals surface area contributed by atoms with Gasteiger partial charge in [0.2, 0.25) is 0 Å².